The smallest absolute Gasteiger partial charge is 0.265 e. The molecule has 0 N–H and O–H groups in total. The second-order valence-corrected chi connectivity index (χ2v) is 7.28. The molecule has 2 heterocycles. The van der Waals surface area contributed by atoms with Crippen LogP contribution in [0.25, 0.3) is 21.5 Å². The van der Waals surface area contributed by atoms with Crippen LogP contribution < -0.4 is 5.56 Å². The van der Waals surface area contributed by atoms with Crippen LogP contribution in [0.1, 0.15) is 16.1 Å². The molecular formula is C20H17N3OS. The fraction of sp³-hybridized carbons (Fsp3) is 0.150. The second kappa shape index (κ2) is 6.26. The summed E-state index contributed by atoms with van der Waals surface area (Å²) in [6.45, 7) is 4.41. The first-order valence-corrected chi connectivity index (χ1v) is 8.93. The van der Waals surface area contributed by atoms with Crippen molar-refractivity contribution in [3.63, 3.8) is 0 Å². The Kier molecular flexibility index (Phi) is 3.93. The summed E-state index contributed by atoms with van der Waals surface area (Å²) >= 11 is 1.52. The number of fused-ring (bicyclic) bond motifs is 1. The van der Waals surface area contributed by atoms with Gasteiger partial charge in [-0.05, 0) is 19.4 Å². The minimum absolute atomic E-state index is 0.140. The van der Waals surface area contributed by atoms with Crippen molar-refractivity contribution < 1.29 is 0 Å². The highest BCUT2D eigenvalue weighted by atomic mass is 32.1. The fourth-order valence-electron chi connectivity index (χ4n) is 2.83. The maximum atomic E-state index is 12.8. The maximum Gasteiger partial charge on any atom is 0.294 e. The van der Waals surface area contributed by atoms with Crippen LogP contribution in [-0.2, 0) is 6.54 Å². The molecule has 0 saturated carbocycles. The number of thiazole rings is 1. The highest BCUT2D eigenvalue weighted by Crippen LogP contribution is 2.29. The summed E-state index contributed by atoms with van der Waals surface area (Å²) in [6.07, 6.45) is 0. The third kappa shape index (κ3) is 2.98. The van der Waals surface area contributed by atoms with Crippen molar-refractivity contribution in [2.45, 2.75) is 20.4 Å². The minimum Gasteiger partial charge on any atom is -0.265 e. The molecule has 0 aliphatic carbocycles. The third-order valence-electron chi connectivity index (χ3n) is 4.11. The Hall–Kier alpha value is -2.79. The molecule has 5 heteroatoms. The highest BCUT2D eigenvalue weighted by molar-refractivity contribution is 7.19. The predicted octanol–water partition coefficient (Wildman–Crippen LogP) is 4.19. The van der Waals surface area contributed by atoms with E-state index in [0.29, 0.717) is 12.1 Å². The van der Waals surface area contributed by atoms with Crippen LogP contribution in [-0.4, -0.2) is 14.8 Å². The van der Waals surface area contributed by atoms with Crippen LogP contribution in [0.5, 0.6) is 0 Å². The lowest BCUT2D eigenvalue weighted by Gasteiger charge is -2.09. The molecule has 2 aromatic heterocycles. The van der Waals surface area contributed by atoms with Crippen molar-refractivity contribution in [3.05, 3.63) is 81.1 Å². The average molecular weight is 347 g/mol. The molecule has 0 radical (unpaired) electrons. The quantitative estimate of drug-likeness (QED) is 0.558. The van der Waals surface area contributed by atoms with Crippen LogP contribution in [0.3, 0.4) is 0 Å². The molecule has 25 heavy (non-hydrogen) atoms. The molecule has 0 bridgehead atoms. The molecule has 0 atom stereocenters. The lowest BCUT2D eigenvalue weighted by atomic mass is 10.1. The Morgan fingerprint density at radius 3 is 2.44 bits per heavy atom. The predicted molar refractivity (Wildman–Crippen MR) is 102 cm³/mol. The zero-order valence-corrected chi connectivity index (χ0v) is 14.9. The molecule has 4 nitrogen and oxygen atoms in total. The summed E-state index contributed by atoms with van der Waals surface area (Å²) < 4.78 is 2.38. The zero-order valence-electron chi connectivity index (χ0n) is 14.1. The summed E-state index contributed by atoms with van der Waals surface area (Å²) in [4.78, 5) is 17.3. The van der Waals surface area contributed by atoms with Crippen molar-refractivity contribution in [2.24, 2.45) is 0 Å². The Morgan fingerprint density at radius 1 is 1.00 bits per heavy atom. The fourth-order valence-corrected chi connectivity index (χ4v) is 3.75. The second-order valence-electron chi connectivity index (χ2n) is 6.07. The van der Waals surface area contributed by atoms with Gasteiger partial charge in [-0.15, -0.1) is 11.3 Å². The van der Waals surface area contributed by atoms with Gasteiger partial charge in [0.15, 0.2) is 5.52 Å². The Morgan fingerprint density at radius 2 is 1.72 bits per heavy atom. The third-order valence-corrected chi connectivity index (χ3v) is 5.08. The summed E-state index contributed by atoms with van der Waals surface area (Å²) in [7, 11) is 0. The number of aryl methyl sites for hydroxylation is 2. The molecule has 0 aliphatic heterocycles. The molecule has 2 aromatic carbocycles. The van der Waals surface area contributed by atoms with Crippen LogP contribution in [0.15, 0.2) is 59.4 Å². The highest BCUT2D eigenvalue weighted by Gasteiger charge is 2.16. The average Bonchev–Trinajstić information content (AvgIpc) is 3.01. The van der Waals surface area contributed by atoms with E-state index in [9.17, 15) is 4.79 Å². The molecule has 0 fully saturated rings. The monoisotopic (exact) mass is 347 g/mol. The number of nitrogens with zero attached hydrogens (tertiary/aromatic N) is 3. The Labute approximate surface area is 149 Å². The van der Waals surface area contributed by atoms with Crippen molar-refractivity contribution in [1.29, 1.82) is 0 Å². The number of benzene rings is 2. The SMILES string of the molecule is Cc1ccc(-c2nn(Cc3ccccc3)c(=O)c3nc(C)sc23)cc1. The van der Waals surface area contributed by atoms with Crippen LogP contribution in [0.2, 0.25) is 0 Å². The van der Waals surface area contributed by atoms with Gasteiger partial charge in [-0.25, -0.2) is 9.67 Å². The van der Waals surface area contributed by atoms with Crippen molar-refractivity contribution in [3.8, 4) is 11.3 Å². The first-order chi connectivity index (χ1) is 12.1. The standard InChI is InChI=1S/C20H17N3OS/c1-13-8-10-16(11-9-13)17-19-18(21-14(2)25-19)20(24)23(22-17)12-15-6-4-3-5-7-15/h3-11H,12H2,1-2H3. The van der Waals surface area contributed by atoms with Crippen LogP contribution in [0, 0.1) is 13.8 Å². The van der Waals surface area contributed by atoms with Gasteiger partial charge in [0, 0.05) is 5.56 Å². The first-order valence-electron chi connectivity index (χ1n) is 8.11. The van der Waals surface area contributed by atoms with Gasteiger partial charge < -0.3 is 0 Å². The van der Waals surface area contributed by atoms with Gasteiger partial charge in [0.25, 0.3) is 5.56 Å². The van der Waals surface area contributed by atoms with Gasteiger partial charge in [0.2, 0.25) is 0 Å². The largest absolute Gasteiger partial charge is 0.294 e. The Bertz CT molecular complexity index is 1100. The van der Waals surface area contributed by atoms with E-state index < -0.39 is 0 Å². The summed E-state index contributed by atoms with van der Waals surface area (Å²) in [5.74, 6) is 0. The van der Waals surface area contributed by atoms with E-state index >= 15 is 0 Å². The number of hydrogen-bond donors (Lipinski definition) is 0. The molecule has 0 unspecified atom stereocenters. The molecule has 4 rings (SSSR count). The van der Waals surface area contributed by atoms with Gasteiger partial charge in [-0.2, -0.15) is 5.10 Å². The summed E-state index contributed by atoms with van der Waals surface area (Å²) in [6, 6.07) is 18.1. The zero-order chi connectivity index (χ0) is 17.4. The number of aromatic nitrogens is 3. The topological polar surface area (TPSA) is 47.8 Å². The van der Waals surface area contributed by atoms with E-state index in [1.807, 2.05) is 49.4 Å². The van der Waals surface area contributed by atoms with Gasteiger partial charge in [-0.1, -0.05) is 60.2 Å². The molecule has 0 saturated heterocycles. The molecule has 0 amide bonds. The van der Waals surface area contributed by atoms with E-state index in [-0.39, 0.29) is 5.56 Å². The van der Waals surface area contributed by atoms with Crippen LogP contribution in [0.4, 0.5) is 0 Å². The lowest BCUT2D eigenvalue weighted by Crippen LogP contribution is -2.24. The van der Waals surface area contributed by atoms with E-state index in [1.165, 1.54) is 21.6 Å². The van der Waals surface area contributed by atoms with Gasteiger partial charge in [0.05, 0.1) is 16.3 Å². The van der Waals surface area contributed by atoms with Crippen molar-refractivity contribution in [1.82, 2.24) is 14.8 Å². The number of rotatable bonds is 3. The van der Waals surface area contributed by atoms with Crippen molar-refractivity contribution in [2.75, 3.05) is 0 Å². The van der Waals surface area contributed by atoms with Crippen molar-refractivity contribution >= 4 is 21.6 Å². The molecule has 124 valence electrons. The molecule has 0 aliphatic rings. The normalized spacial score (nSPS) is 11.1. The van der Waals surface area contributed by atoms with E-state index in [4.69, 9.17) is 0 Å². The summed E-state index contributed by atoms with van der Waals surface area (Å²) in [5.41, 5.74) is 4.41. The Balaban J connectivity index is 1.93. The molecular weight excluding hydrogens is 330 g/mol. The van der Waals surface area contributed by atoms with Gasteiger partial charge in [-0.3, -0.25) is 4.79 Å². The van der Waals surface area contributed by atoms with Gasteiger partial charge >= 0.3 is 0 Å². The van der Waals surface area contributed by atoms with Crippen LogP contribution >= 0.6 is 11.3 Å². The van der Waals surface area contributed by atoms with E-state index in [2.05, 4.69) is 29.1 Å². The minimum atomic E-state index is -0.140. The lowest BCUT2D eigenvalue weighted by molar-refractivity contribution is 0.650. The number of hydrogen-bond acceptors (Lipinski definition) is 4. The van der Waals surface area contributed by atoms with E-state index in [1.54, 1.807) is 0 Å². The summed E-state index contributed by atoms with van der Waals surface area (Å²) in [5, 5.41) is 5.56. The first kappa shape index (κ1) is 15.7. The van der Waals surface area contributed by atoms with E-state index in [0.717, 1.165) is 26.5 Å². The maximum absolute atomic E-state index is 12.8. The molecule has 4 aromatic rings. The van der Waals surface area contributed by atoms with Gasteiger partial charge in [0.1, 0.15) is 5.69 Å². The molecule has 0 spiro atoms.